The molecule has 0 fully saturated rings. The Labute approximate surface area is 193 Å². The maximum Gasteiger partial charge on any atom is 0.255 e. The second-order valence-electron chi connectivity index (χ2n) is 7.76. The number of carbonyl (C=O) groups excluding carboxylic acids is 1. The van der Waals surface area contributed by atoms with Gasteiger partial charge >= 0.3 is 0 Å². The third-order valence-electron chi connectivity index (χ3n) is 5.83. The number of hydrogen-bond acceptors (Lipinski definition) is 4. The van der Waals surface area contributed by atoms with Crippen LogP contribution in [0.5, 0.6) is 0 Å². The molecule has 2 aliphatic heterocycles. The predicted octanol–water partition coefficient (Wildman–Crippen LogP) is 4.99. The average molecular weight is 462 g/mol. The van der Waals surface area contributed by atoms with Crippen LogP contribution in [-0.2, 0) is 4.79 Å². The van der Waals surface area contributed by atoms with Crippen molar-refractivity contribution < 1.29 is 4.79 Å². The standard InChI is InChI=1S/C24H17Cl2N5O/c25-15-9-5-13(6-10-15)20-19-22(30-24-27-17-3-1-2-4-18(17)31(20)24)28-21(29-23(19)32)14-7-11-16(26)12-8-14/h1-12,20-21,28H,(H,27,30)(H,29,32). The molecule has 0 saturated heterocycles. The van der Waals surface area contributed by atoms with E-state index in [1.54, 1.807) is 12.1 Å². The van der Waals surface area contributed by atoms with Crippen LogP contribution in [0.3, 0.4) is 0 Å². The molecule has 0 saturated carbocycles. The van der Waals surface area contributed by atoms with Gasteiger partial charge in [0.2, 0.25) is 5.95 Å². The molecule has 2 atom stereocenters. The largest absolute Gasteiger partial charge is 0.347 e. The van der Waals surface area contributed by atoms with E-state index in [0.717, 1.165) is 22.2 Å². The number of benzene rings is 3. The highest BCUT2D eigenvalue weighted by Crippen LogP contribution is 2.40. The number of nitrogens with zero attached hydrogens (tertiary/aromatic N) is 2. The Morgan fingerprint density at radius 1 is 0.812 bits per heavy atom. The van der Waals surface area contributed by atoms with Crippen molar-refractivity contribution in [2.75, 3.05) is 5.32 Å². The van der Waals surface area contributed by atoms with Gasteiger partial charge in [-0.1, -0.05) is 59.6 Å². The van der Waals surface area contributed by atoms with Gasteiger partial charge in [-0.25, -0.2) is 4.98 Å². The highest BCUT2D eigenvalue weighted by atomic mass is 35.5. The topological polar surface area (TPSA) is 71.0 Å². The molecule has 0 aliphatic carbocycles. The molecule has 1 amide bonds. The number of para-hydroxylation sites is 2. The molecule has 2 unspecified atom stereocenters. The number of fused-ring (bicyclic) bond motifs is 3. The van der Waals surface area contributed by atoms with Gasteiger partial charge in [0.05, 0.1) is 22.6 Å². The van der Waals surface area contributed by atoms with Crippen LogP contribution < -0.4 is 16.0 Å². The van der Waals surface area contributed by atoms with Crippen LogP contribution in [0, 0.1) is 0 Å². The summed E-state index contributed by atoms with van der Waals surface area (Å²) in [7, 11) is 0. The van der Waals surface area contributed by atoms with Crippen LogP contribution >= 0.6 is 23.2 Å². The van der Waals surface area contributed by atoms with Crippen LogP contribution in [-0.4, -0.2) is 15.5 Å². The van der Waals surface area contributed by atoms with E-state index < -0.39 is 6.17 Å². The molecule has 3 N–H and O–H groups in total. The lowest BCUT2D eigenvalue weighted by molar-refractivity contribution is -0.119. The summed E-state index contributed by atoms with van der Waals surface area (Å²) < 4.78 is 2.06. The van der Waals surface area contributed by atoms with Crippen molar-refractivity contribution in [2.24, 2.45) is 0 Å². The summed E-state index contributed by atoms with van der Waals surface area (Å²) in [4.78, 5) is 18.2. The minimum atomic E-state index is -0.396. The summed E-state index contributed by atoms with van der Waals surface area (Å²) in [5.41, 5.74) is 4.22. The van der Waals surface area contributed by atoms with Gasteiger partial charge in [0.1, 0.15) is 12.0 Å². The number of amides is 1. The SMILES string of the molecule is O=C1NC(c2ccc(Cl)cc2)NC2=C1C(c1ccc(Cl)cc1)n1c(nc3ccccc31)N2. The first-order valence-corrected chi connectivity index (χ1v) is 10.9. The number of imidazole rings is 1. The lowest BCUT2D eigenvalue weighted by atomic mass is 9.94. The molecule has 158 valence electrons. The lowest BCUT2D eigenvalue weighted by Crippen LogP contribution is -2.49. The maximum absolute atomic E-state index is 13.5. The number of carbonyl (C=O) groups is 1. The third-order valence-corrected chi connectivity index (χ3v) is 6.34. The smallest absolute Gasteiger partial charge is 0.255 e. The fourth-order valence-electron chi connectivity index (χ4n) is 4.36. The molecular formula is C24H17Cl2N5O. The van der Waals surface area contributed by atoms with Gasteiger partial charge < -0.3 is 16.0 Å². The summed E-state index contributed by atoms with van der Waals surface area (Å²) in [6.07, 6.45) is -0.396. The summed E-state index contributed by atoms with van der Waals surface area (Å²) >= 11 is 12.2. The van der Waals surface area contributed by atoms with Crippen LogP contribution in [0.25, 0.3) is 11.0 Å². The molecule has 0 bridgehead atoms. The van der Waals surface area contributed by atoms with Gasteiger partial charge in [-0.15, -0.1) is 0 Å². The number of anilines is 1. The third kappa shape index (κ3) is 3.03. The van der Waals surface area contributed by atoms with Gasteiger partial charge in [-0.2, -0.15) is 0 Å². The van der Waals surface area contributed by atoms with Crippen molar-refractivity contribution in [1.29, 1.82) is 0 Å². The Hall–Kier alpha value is -3.48. The van der Waals surface area contributed by atoms with E-state index in [1.165, 1.54) is 0 Å². The van der Waals surface area contributed by atoms with Gasteiger partial charge in [0.15, 0.2) is 0 Å². The summed E-state index contributed by atoms with van der Waals surface area (Å²) in [6, 6.07) is 22.5. The molecule has 1 aromatic heterocycles. The Kier molecular flexibility index (Phi) is 4.38. The zero-order valence-corrected chi connectivity index (χ0v) is 18.2. The molecule has 2 aliphatic rings. The minimum absolute atomic E-state index is 0.158. The van der Waals surface area contributed by atoms with E-state index in [2.05, 4.69) is 20.5 Å². The summed E-state index contributed by atoms with van der Waals surface area (Å²) in [6.45, 7) is 0. The Balaban J connectivity index is 1.51. The fourth-order valence-corrected chi connectivity index (χ4v) is 4.61. The highest BCUT2D eigenvalue weighted by molar-refractivity contribution is 6.30. The molecule has 3 heterocycles. The quantitative estimate of drug-likeness (QED) is 0.393. The Morgan fingerprint density at radius 2 is 1.47 bits per heavy atom. The van der Waals surface area contributed by atoms with Crippen LogP contribution in [0.2, 0.25) is 10.0 Å². The predicted molar refractivity (Wildman–Crippen MR) is 125 cm³/mol. The lowest BCUT2D eigenvalue weighted by Gasteiger charge is -2.37. The molecule has 8 heteroatoms. The molecule has 6 rings (SSSR count). The molecule has 4 aromatic rings. The molecule has 3 aromatic carbocycles. The van der Waals surface area contributed by atoms with E-state index in [-0.39, 0.29) is 11.9 Å². The Bertz CT molecular complexity index is 1390. The maximum atomic E-state index is 13.5. The number of halogens is 2. The second kappa shape index (κ2) is 7.29. The minimum Gasteiger partial charge on any atom is -0.347 e. The zero-order chi connectivity index (χ0) is 21.8. The molecule has 0 spiro atoms. The number of nitrogens with one attached hydrogen (secondary N) is 3. The van der Waals surface area contributed by atoms with Crippen LogP contribution in [0.4, 0.5) is 5.95 Å². The van der Waals surface area contributed by atoms with E-state index in [1.807, 2.05) is 60.7 Å². The van der Waals surface area contributed by atoms with Crippen LogP contribution in [0.15, 0.2) is 84.2 Å². The van der Waals surface area contributed by atoms with Crippen molar-refractivity contribution in [3.8, 4) is 0 Å². The number of rotatable bonds is 2. The van der Waals surface area contributed by atoms with E-state index in [9.17, 15) is 4.79 Å². The zero-order valence-electron chi connectivity index (χ0n) is 16.6. The van der Waals surface area contributed by atoms with Gasteiger partial charge in [0.25, 0.3) is 5.91 Å². The van der Waals surface area contributed by atoms with E-state index >= 15 is 0 Å². The number of hydrogen-bond donors (Lipinski definition) is 3. The normalized spacial score (nSPS) is 19.6. The van der Waals surface area contributed by atoms with Gasteiger partial charge in [0, 0.05) is 10.0 Å². The second-order valence-corrected chi connectivity index (χ2v) is 8.64. The summed E-state index contributed by atoms with van der Waals surface area (Å²) in [5.74, 6) is 1.15. The van der Waals surface area contributed by atoms with E-state index in [0.29, 0.717) is 27.4 Å². The fraction of sp³-hybridized carbons (Fsp3) is 0.0833. The highest BCUT2D eigenvalue weighted by Gasteiger charge is 2.39. The van der Waals surface area contributed by atoms with Crippen molar-refractivity contribution in [3.05, 3.63) is 105 Å². The average Bonchev–Trinajstić information content (AvgIpc) is 3.17. The monoisotopic (exact) mass is 461 g/mol. The van der Waals surface area contributed by atoms with Crippen molar-refractivity contribution >= 4 is 46.1 Å². The first kappa shape index (κ1) is 19.2. The first-order valence-electron chi connectivity index (χ1n) is 10.1. The number of aromatic nitrogens is 2. The Morgan fingerprint density at radius 3 is 2.19 bits per heavy atom. The molecular weight excluding hydrogens is 445 g/mol. The van der Waals surface area contributed by atoms with Gasteiger partial charge in [-0.05, 0) is 47.5 Å². The van der Waals surface area contributed by atoms with Crippen LogP contribution in [0.1, 0.15) is 23.3 Å². The first-order chi connectivity index (χ1) is 15.6. The summed E-state index contributed by atoms with van der Waals surface area (Å²) in [5, 5.41) is 11.1. The van der Waals surface area contributed by atoms with Gasteiger partial charge in [-0.3, -0.25) is 9.36 Å². The van der Waals surface area contributed by atoms with Crippen molar-refractivity contribution in [1.82, 2.24) is 20.2 Å². The molecule has 6 nitrogen and oxygen atoms in total. The van der Waals surface area contributed by atoms with Crippen molar-refractivity contribution in [2.45, 2.75) is 12.2 Å². The molecule has 32 heavy (non-hydrogen) atoms. The van der Waals surface area contributed by atoms with Crippen molar-refractivity contribution in [3.63, 3.8) is 0 Å². The van der Waals surface area contributed by atoms with E-state index in [4.69, 9.17) is 28.2 Å². The molecule has 0 radical (unpaired) electrons.